The molecule has 2 aromatic carbocycles. The standard InChI is InChI=1S/C22H20FN2O2/c23-18-4-1-15(2-5-18)21(26)13-24-8-9-25(14-24)20-6-3-16-11-17-7-10-27-22(17)12-19(16)20/h1-2,4-5,8-9,11-12,14,20H,3,6-7,10,13H2/q+1. The minimum absolute atomic E-state index is 0.0317. The molecule has 27 heavy (non-hydrogen) atoms. The van der Waals surface area contributed by atoms with E-state index in [0.29, 0.717) is 5.56 Å². The topological polar surface area (TPSA) is 35.1 Å². The van der Waals surface area contributed by atoms with Crippen LogP contribution in [0.4, 0.5) is 4.39 Å². The van der Waals surface area contributed by atoms with Crippen LogP contribution in [0.3, 0.4) is 0 Å². The normalized spacial score (nSPS) is 17.4. The van der Waals surface area contributed by atoms with Gasteiger partial charge in [-0.25, -0.2) is 13.5 Å². The molecular formula is C22H20FN2O2+. The van der Waals surface area contributed by atoms with Crippen molar-refractivity contribution >= 4 is 5.78 Å². The number of Topliss-reactive ketones (excluding diaryl/α,β-unsaturated/α-hetero) is 1. The van der Waals surface area contributed by atoms with Gasteiger partial charge in [-0.3, -0.25) is 4.79 Å². The van der Waals surface area contributed by atoms with Crippen molar-refractivity contribution in [3.8, 4) is 5.75 Å². The molecule has 0 N–H and O–H groups in total. The van der Waals surface area contributed by atoms with E-state index in [0.717, 1.165) is 31.6 Å². The molecule has 5 heteroatoms. The number of fused-ring (bicyclic) bond motifs is 2. The van der Waals surface area contributed by atoms with Crippen molar-refractivity contribution in [2.45, 2.75) is 31.8 Å². The molecule has 0 radical (unpaired) electrons. The lowest BCUT2D eigenvalue weighted by atomic mass is 10.0. The van der Waals surface area contributed by atoms with Gasteiger partial charge in [0.05, 0.1) is 6.61 Å². The van der Waals surface area contributed by atoms with Gasteiger partial charge in [0.1, 0.15) is 30.0 Å². The zero-order valence-electron chi connectivity index (χ0n) is 14.9. The van der Waals surface area contributed by atoms with Crippen LogP contribution in [0.5, 0.6) is 5.75 Å². The molecule has 0 amide bonds. The summed E-state index contributed by atoms with van der Waals surface area (Å²) in [5.74, 6) is 0.656. The second kappa shape index (κ2) is 6.34. The van der Waals surface area contributed by atoms with E-state index < -0.39 is 0 Å². The molecule has 0 saturated carbocycles. The van der Waals surface area contributed by atoms with Gasteiger partial charge in [-0.1, -0.05) is 6.07 Å². The molecule has 0 bridgehead atoms. The second-order valence-electron chi connectivity index (χ2n) is 7.27. The van der Waals surface area contributed by atoms with Gasteiger partial charge in [0.25, 0.3) is 0 Å². The zero-order chi connectivity index (χ0) is 18.4. The van der Waals surface area contributed by atoms with Crippen LogP contribution < -0.4 is 9.30 Å². The summed E-state index contributed by atoms with van der Waals surface area (Å²) in [6.45, 7) is 1.02. The van der Waals surface area contributed by atoms with Crippen LogP contribution in [0.1, 0.15) is 39.5 Å². The van der Waals surface area contributed by atoms with Crippen molar-refractivity contribution in [2.75, 3.05) is 6.61 Å². The first-order chi connectivity index (χ1) is 13.2. The second-order valence-corrected chi connectivity index (χ2v) is 7.27. The highest BCUT2D eigenvalue weighted by molar-refractivity contribution is 5.94. The van der Waals surface area contributed by atoms with Gasteiger partial charge < -0.3 is 4.74 Å². The van der Waals surface area contributed by atoms with Gasteiger partial charge in [0.2, 0.25) is 12.1 Å². The first kappa shape index (κ1) is 16.2. The number of nitrogens with zero attached hydrogens (tertiary/aromatic N) is 2. The van der Waals surface area contributed by atoms with Crippen molar-refractivity contribution in [1.29, 1.82) is 0 Å². The van der Waals surface area contributed by atoms with E-state index in [-0.39, 0.29) is 24.2 Å². The fourth-order valence-corrected chi connectivity index (χ4v) is 4.16. The van der Waals surface area contributed by atoms with Gasteiger partial charge in [-0.05, 0) is 54.3 Å². The number of halogens is 1. The summed E-state index contributed by atoms with van der Waals surface area (Å²) in [7, 11) is 0. The predicted molar refractivity (Wildman–Crippen MR) is 97.5 cm³/mol. The van der Waals surface area contributed by atoms with Crippen molar-refractivity contribution in [3.05, 3.63) is 83.2 Å². The lowest BCUT2D eigenvalue weighted by molar-refractivity contribution is -0.682. The molecule has 0 fully saturated rings. The fourth-order valence-electron chi connectivity index (χ4n) is 4.16. The quantitative estimate of drug-likeness (QED) is 0.527. The van der Waals surface area contributed by atoms with Gasteiger partial charge in [0, 0.05) is 17.5 Å². The molecule has 0 spiro atoms. The maximum atomic E-state index is 13.0. The maximum absolute atomic E-state index is 13.0. The molecule has 4 nitrogen and oxygen atoms in total. The van der Waals surface area contributed by atoms with Crippen LogP contribution in [0.15, 0.2) is 55.1 Å². The van der Waals surface area contributed by atoms with Crippen LogP contribution >= 0.6 is 0 Å². The highest BCUT2D eigenvalue weighted by atomic mass is 19.1. The Hall–Kier alpha value is -2.95. The van der Waals surface area contributed by atoms with E-state index in [2.05, 4.69) is 16.7 Å². The Bertz CT molecular complexity index is 1020. The van der Waals surface area contributed by atoms with Gasteiger partial charge in [-0.2, -0.15) is 0 Å². The number of hydrogen-bond acceptors (Lipinski definition) is 2. The Labute approximate surface area is 156 Å². The molecule has 5 rings (SSSR count). The van der Waals surface area contributed by atoms with E-state index in [1.165, 1.54) is 41.0 Å². The molecule has 2 heterocycles. The Morgan fingerprint density at radius 2 is 2.04 bits per heavy atom. The minimum Gasteiger partial charge on any atom is -0.493 e. The number of ether oxygens (including phenoxy) is 1. The summed E-state index contributed by atoms with van der Waals surface area (Å²) in [6.07, 6.45) is 9.05. The Kier molecular flexibility index (Phi) is 3.81. The Morgan fingerprint density at radius 1 is 1.19 bits per heavy atom. The molecular weight excluding hydrogens is 343 g/mol. The molecule has 3 aromatic rings. The van der Waals surface area contributed by atoms with Crippen LogP contribution in [0.25, 0.3) is 0 Å². The van der Waals surface area contributed by atoms with E-state index in [1.807, 2.05) is 23.3 Å². The number of carbonyl (C=O) groups excluding carboxylic acids is 1. The van der Waals surface area contributed by atoms with E-state index in [4.69, 9.17) is 4.74 Å². The van der Waals surface area contributed by atoms with Crippen molar-refractivity contribution < 1.29 is 18.5 Å². The monoisotopic (exact) mass is 363 g/mol. The summed E-state index contributed by atoms with van der Waals surface area (Å²) in [5, 5.41) is 0. The Balaban J connectivity index is 1.36. The number of aromatic nitrogens is 2. The zero-order valence-corrected chi connectivity index (χ0v) is 14.9. The maximum Gasteiger partial charge on any atom is 0.244 e. The van der Waals surface area contributed by atoms with Crippen LogP contribution in [0.2, 0.25) is 0 Å². The van der Waals surface area contributed by atoms with Gasteiger partial charge in [-0.15, -0.1) is 0 Å². The number of hydrogen-bond donors (Lipinski definition) is 0. The molecule has 1 unspecified atom stereocenters. The number of benzene rings is 2. The van der Waals surface area contributed by atoms with Crippen LogP contribution in [0, 0.1) is 5.82 Å². The molecule has 2 aliphatic rings. The summed E-state index contributed by atoms with van der Waals surface area (Å²) < 4.78 is 22.8. The van der Waals surface area contributed by atoms with Gasteiger partial charge >= 0.3 is 0 Å². The van der Waals surface area contributed by atoms with Crippen LogP contribution in [-0.2, 0) is 19.4 Å². The summed E-state index contributed by atoms with van der Waals surface area (Å²) in [5.41, 5.74) is 4.58. The number of ketones is 1. The lowest BCUT2D eigenvalue weighted by Gasteiger charge is -2.09. The van der Waals surface area contributed by atoms with Crippen molar-refractivity contribution in [2.24, 2.45) is 0 Å². The molecule has 1 aliphatic heterocycles. The van der Waals surface area contributed by atoms with Gasteiger partial charge in [0.15, 0.2) is 6.54 Å². The predicted octanol–water partition coefficient (Wildman–Crippen LogP) is 3.27. The van der Waals surface area contributed by atoms with E-state index >= 15 is 0 Å². The molecule has 136 valence electrons. The number of aryl methyl sites for hydroxylation is 1. The fraction of sp³-hybridized carbons (Fsp3) is 0.273. The summed E-state index contributed by atoms with van der Waals surface area (Å²) in [6, 6.07) is 10.5. The largest absolute Gasteiger partial charge is 0.493 e. The molecule has 1 aliphatic carbocycles. The third kappa shape index (κ3) is 2.93. The van der Waals surface area contributed by atoms with E-state index in [9.17, 15) is 9.18 Å². The van der Waals surface area contributed by atoms with Crippen LogP contribution in [-0.4, -0.2) is 17.0 Å². The van der Waals surface area contributed by atoms with Crippen molar-refractivity contribution in [3.63, 3.8) is 0 Å². The third-order valence-electron chi connectivity index (χ3n) is 5.56. The first-order valence-corrected chi connectivity index (χ1v) is 9.31. The number of carbonyl (C=O) groups is 1. The minimum atomic E-state index is -0.333. The lowest BCUT2D eigenvalue weighted by Crippen LogP contribution is -2.36. The third-order valence-corrected chi connectivity index (χ3v) is 5.56. The van der Waals surface area contributed by atoms with E-state index in [1.54, 1.807) is 0 Å². The van der Waals surface area contributed by atoms with Crippen molar-refractivity contribution in [1.82, 2.24) is 4.57 Å². The molecule has 1 atom stereocenters. The number of rotatable bonds is 4. The summed E-state index contributed by atoms with van der Waals surface area (Å²) >= 11 is 0. The molecule has 1 aromatic heterocycles. The average Bonchev–Trinajstić information content (AvgIpc) is 3.39. The average molecular weight is 363 g/mol. The molecule has 0 saturated heterocycles. The number of imidazole rings is 1. The first-order valence-electron chi connectivity index (χ1n) is 9.31. The SMILES string of the molecule is O=C(C[n+]1ccn(C2CCc3cc4c(cc32)OCC4)c1)c1ccc(F)cc1. The smallest absolute Gasteiger partial charge is 0.244 e. The Morgan fingerprint density at radius 3 is 2.89 bits per heavy atom. The highest BCUT2D eigenvalue weighted by Crippen LogP contribution is 2.39. The highest BCUT2D eigenvalue weighted by Gasteiger charge is 2.30. The summed E-state index contributed by atoms with van der Waals surface area (Å²) in [4.78, 5) is 12.4.